The van der Waals surface area contributed by atoms with Gasteiger partial charge in [0.2, 0.25) is 0 Å². The first-order valence-electron chi connectivity index (χ1n) is 6.93. The van der Waals surface area contributed by atoms with Crippen LogP contribution in [0.15, 0.2) is 24.3 Å². The molecule has 0 aliphatic carbocycles. The number of nitrogens with zero attached hydrogens (tertiary/aromatic N) is 2. The Balaban J connectivity index is 2.56. The molecular weight excluding hydrogens is 269 g/mol. The summed E-state index contributed by atoms with van der Waals surface area (Å²) in [5.74, 6) is 0.0954. The minimum absolute atomic E-state index is 0.142. The molecule has 0 spiro atoms. The standard InChI is InChI=1S/C16H20FN3O/c1-5-18-14-9-13(16(2,3)4)19-15(20-14)10-6-7-12(21)11(17)8-10/h6-9,21H,5H2,1-4H3,(H,18,19,20). The summed E-state index contributed by atoms with van der Waals surface area (Å²) in [5.41, 5.74) is 1.27. The Bertz CT molecular complexity index is 650. The summed E-state index contributed by atoms with van der Waals surface area (Å²) in [4.78, 5) is 8.94. The monoisotopic (exact) mass is 289 g/mol. The number of benzene rings is 1. The second-order valence-corrected chi connectivity index (χ2v) is 5.91. The smallest absolute Gasteiger partial charge is 0.165 e. The fourth-order valence-electron chi connectivity index (χ4n) is 1.88. The van der Waals surface area contributed by atoms with E-state index >= 15 is 0 Å². The van der Waals surface area contributed by atoms with Crippen molar-refractivity contribution in [2.24, 2.45) is 0 Å². The maximum atomic E-state index is 13.5. The van der Waals surface area contributed by atoms with E-state index in [9.17, 15) is 9.50 Å². The van der Waals surface area contributed by atoms with Crippen molar-refractivity contribution in [2.45, 2.75) is 33.1 Å². The number of halogens is 1. The van der Waals surface area contributed by atoms with Gasteiger partial charge in [-0.3, -0.25) is 0 Å². The van der Waals surface area contributed by atoms with Crippen LogP contribution in [0.3, 0.4) is 0 Å². The molecule has 0 aliphatic heterocycles. The lowest BCUT2D eigenvalue weighted by atomic mass is 9.91. The molecule has 0 unspecified atom stereocenters. The molecule has 2 N–H and O–H groups in total. The van der Waals surface area contributed by atoms with Gasteiger partial charge in [-0.25, -0.2) is 14.4 Å². The van der Waals surface area contributed by atoms with Crippen molar-refractivity contribution in [1.29, 1.82) is 0 Å². The number of rotatable bonds is 3. The quantitative estimate of drug-likeness (QED) is 0.904. The third kappa shape index (κ3) is 3.48. The molecule has 0 fully saturated rings. The molecule has 1 aromatic carbocycles. The van der Waals surface area contributed by atoms with Crippen molar-refractivity contribution in [3.8, 4) is 17.1 Å². The Morgan fingerprint density at radius 3 is 2.48 bits per heavy atom. The Hall–Kier alpha value is -2.17. The molecular formula is C16H20FN3O. The van der Waals surface area contributed by atoms with E-state index in [1.165, 1.54) is 12.1 Å². The van der Waals surface area contributed by atoms with Crippen LogP contribution in [0.1, 0.15) is 33.4 Å². The fraction of sp³-hybridized carbons (Fsp3) is 0.375. The van der Waals surface area contributed by atoms with Gasteiger partial charge >= 0.3 is 0 Å². The maximum Gasteiger partial charge on any atom is 0.165 e. The number of aromatic hydroxyl groups is 1. The maximum absolute atomic E-state index is 13.5. The van der Waals surface area contributed by atoms with Crippen LogP contribution in [0.25, 0.3) is 11.4 Å². The van der Waals surface area contributed by atoms with Crippen LogP contribution >= 0.6 is 0 Å². The molecule has 0 amide bonds. The first-order chi connectivity index (χ1) is 9.81. The van der Waals surface area contributed by atoms with E-state index in [4.69, 9.17) is 0 Å². The first kappa shape index (κ1) is 15.2. The summed E-state index contributed by atoms with van der Waals surface area (Å²) < 4.78 is 13.5. The average Bonchev–Trinajstić information content (AvgIpc) is 2.41. The first-order valence-corrected chi connectivity index (χ1v) is 6.93. The highest BCUT2D eigenvalue weighted by Gasteiger charge is 2.19. The minimum Gasteiger partial charge on any atom is -0.505 e. The van der Waals surface area contributed by atoms with Crippen LogP contribution in [0, 0.1) is 5.82 Å². The van der Waals surface area contributed by atoms with Crippen LogP contribution in [-0.4, -0.2) is 21.6 Å². The number of phenols is 1. The number of phenolic OH excluding ortho intramolecular Hbond substituents is 1. The molecule has 0 saturated heterocycles. The van der Waals surface area contributed by atoms with Crippen LogP contribution in [0.5, 0.6) is 5.75 Å². The topological polar surface area (TPSA) is 58.0 Å². The van der Waals surface area contributed by atoms with Gasteiger partial charge in [0.25, 0.3) is 0 Å². The van der Waals surface area contributed by atoms with Crippen molar-refractivity contribution in [3.63, 3.8) is 0 Å². The number of hydrogen-bond donors (Lipinski definition) is 2. The van der Waals surface area contributed by atoms with Crippen LogP contribution in [-0.2, 0) is 5.41 Å². The highest BCUT2D eigenvalue weighted by Crippen LogP contribution is 2.27. The van der Waals surface area contributed by atoms with Gasteiger partial charge in [0, 0.05) is 23.6 Å². The Morgan fingerprint density at radius 2 is 1.90 bits per heavy atom. The van der Waals surface area contributed by atoms with E-state index in [2.05, 4.69) is 36.1 Å². The fourth-order valence-corrected chi connectivity index (χ4v) is 1.88. The van der Waals surface area contributed by atoms with E-state index < -0.39 is 5.82 Å². The average molecular weight is 289 g/mol. The molecule has 5 heteroatoms. The van der Waals surface area contributed by atoms with Crippen molar-refractivity contribution in [1.82, 2.24) is 9.97 Å². The minimum atomic E-state index is -0.678. The molecule has 2 rings (SSSR count). The molecule has 1 heterocycles. The second-order valence-electron chi connectivity index (χ2n) is 5.91. The van der Waals surface area contributed by atoms with Gasteiger partial charge in [-0.2, -0.15) is 0 Å². The van der Waals surface area contributed by atoms with Gasteiger partial charge in [-0.15, -0.1) is 0 Å². The van der Waals surface area contributed by atoms with Crippen LogP contribution in [0.2, 0.25) is 0 Å². The third-order valence-electron chi connectivity index (χ3n) is 3.06. The molecule has 21 heavy (non-hydrogen) atoms. The molecule has 4 nitrogen and oxygen atoms in total. The van der Waals surface area contributed by atoms with E-state index in [0.29, 0.717) is 17.2 Å². The number of aromatic nitrogens is 2. The SMILES string of the molecule is CCNc1cc(C(C)(C)C)nc(-c2ccc(O)c(F)c2)n1. The van der Waals surface area contributed by atoms with Gasteiger partial charge in [0.15, 0.2) is 17.4 Å². The zero-order chi connectivity index (χ0) is 15.6. The third-order valence-corrected chi connectivity index (χ3v) is 3.06. The van der Waals surface area contributed by atoms with Gasteiger partial charge < -0.3 is 10.4 Å². The van der Waals surface area contributed by atoms with Gasteiger partial charge in [0.05, 0.1) is 5.69 Å². The van der Waals surface area contributed by atoms with E-state index in [1.54, 1.807) is 6.07 Å². The molecule has 0 aliphatic rings. The van der Waals surface area contributed by atoms with Crippen molar-refractivity contribution < 1.29 is 9.50 Å². The predicted octanol–water partition coefficient (Wildman–Crippen LogP) is 3.72. The highest BCUT2D eigenvalue weighted by atomic mass is 19.1. The summed E-state index contributed by atoms with van der Waals surface area (Å²) >= 11 is 0. The predicted molar refractivity (Wildman–Crippen MR) is 82.0 cm³/mol. The van der Waals surface area contributed by atoms with Crippen molar-refractivity contribution >= 4 is 5.82 Å². The Morgan fingerprint density at radius 1 is 1.19 bits per heavy atom. The highest BCUT2D eigenvalue weighted by molar-refractivity contribution is 5.59. The molecule has 0 bridgehead atoms. The van der Waals surface area contributed by atoms with Gasteiger partial charge in [-0.05, 0) is 25.1 Å². The lowest BCUT2D eigenvalue weighted by Gasteiger charge is -2.19. The van der Waals surface area contributed by atoms with Gasteiger partial charge in [-0.1, -0.05) is 20.8 Å². The Kier molecular flexibility index (Phi) is 4.11. The summed E-state index contributed by atoms with van der Waals surface area (Å²) in [5, 5.41) is 12.4. The zero-order valence-corrected chi connectivity index (χ0v) is 12.7. The molecule has 1 aromatic heterocycles. The Labute approximate surface area is 124 Å². The van der Waals surface area contributed by atoms with Crippen molar-refractivity contribution in [3.05, 3.63) is 35.8 Å². The summed E-state index contributed by atoms with van der Waals surface area (Å²) in [6, 6.07) is 6.07. The summed E-state index contributed by atoms with van der Waals surface area (Å²) in [6.07, 6.45) is 0. The van der Waals surface area contributed by atoms with Crippen LogP contribution < -0.4 is 5.32 Å². The lowest BCUT2D eigenvalue weighted by molar-refractivity contribution is 0.432. The summed E-state index contributed by atoms with van der Waals surface area (Å²) in [6.45, 7) is 8.91. The van der Waals surface area contributed by atoms with Gasteiger partial charge in [0.1, 0.15) is 5.82 Å². The molecule has 112 valence electrons. The normalized spacial score (nSPS) is 11.5. The number of nitrogens with one attached hydrogen (secondary N) is 1. The second kappa shape index (κ2) is 5.68. The lowest BCUT2D eigenvalue weighted by Crippen LogP contribution is -2.16. The largest absolute Gasteiger partial charge is 0.505 e. The number of hydrogen-bond acceptors (Lipinski definition) is 4. The van der Waals surface area contributed by atoms with E-state index in [-0.39, 0.29) is 11.2 Å². The van der Waals surface area contributed by atoms with E-state index in [1.807, 2.05) is 13.0 Å². The molecule has 2 aromatic rings. The zero-order valence-electron chi connectivity index (χ0n) is 12.7. The molecule has 0 atom stereocenters. The van der Waals surface area contributed by atoms with Crippen molar-refractivity contribution in [2.75, 3.05) is 11.9 Å². The summed E-state index contributed by atoms with van der Waals surface area (Å²) in [7, 11) is 0. The van der Waals surface area contributed by atoms with Crippen LogP contribution in [0.4, 0.5) is 10.2 Å². The molecule has 0 saturated carbocycles. The number of anilines is 1. The van der Waals surface area contributed by atoms with E-state index in [0.717, 1.165) is 12.2 Å². The molecule has 0 radical (unpaired) electrons.